The number of fused-ring (bicyclic) bond motifs is 7. The summed E-state index contributed by atoms with van der Waals surface area (Å²) in [5.41, 5.74) is 9.91. The van der Waals surface area contributed by atoms with Crippen molar-refractivity contribution in [2.24, 2.45) is 0 Å². The lowest BCUT2D eigenvalue weighted by molar-refractivity contribution is 0.669. The van der Waals surface area contributed by atoms with Crippen LogP contribution < -0.4 is 4.90 Å². The van der Waals surface area contributed by atoms with E-state index >= 15 is 0 Å². The van der Waals surface area contributed by atoms with Gasteiger partial charge in [-0.25, -0.2) is 0 Å². The molecule has 0 amide bonds. The molecule has 2 aromatic heterocycles. The van der Waals surface area contributed by atoms with Gasteiger partial charge >= 0.3 is 0 Å². The number of benzene rings is 8. The van der Waals surface area contributed by atoms with Crippen molar-refractivity contribution in [1.29, 1.82) is 0 Å². The zero-order valence-corrected chi connectivity index (χ0v) is 27.3. The van der Waals surface area contributed by atoms with Crippen molar-refractivity contribution >= 4 is 81.3 Å². The average molecular weight is 644 g/mol. The Hall–Kier alpha value is -6.16. The molecule has 0 atom stereocenters. The fourth-order valence-corrected chi connectivity index (χ4v) is 8.55. The lowest BCUT2D eigenvalue weighted by Gasteiger charge is -2.28. The Bertz CT molecular complexity index is 2830. The highest BCUT2D eigenvalue weighted by Gasteiger charge is 2.22. The van der Waals surface area contributed by atoms with Gasteiger partial charge in [0, 0.05) is 36.6 Å². The Morgan fingerprint density at radius 3 is 1.90 bits per heavy atom. The first-order valence-corrected chi connectivity index (χ1v) is 17.4. The van der Waals surface area contributed by atoms with Gasteiger partial charge in [-0.1, -0.05) is 121 Å². The van der Waals surface area contributed by atoms with Gasteiger partial charge in [-0.2, -0.15) is 0 Å². The molecule has 10 rings (SSSR count). The van der Waals surface area contributed by atoms with Gasteiger partial charge in [0.05, 0.1) is 16.8 Å². The zero-order valence-electron chi connectivity index (χ0n) is 26.5. The summed E-state index contributed by atoms with van der Waals surface area (Å²) >= 11 is 1.86. The number of furan rings is 1. The summed E-state index contributed by atoms with van der Waals surface area (Å²) in [6.45, 7) is 0. The van der Waals surface area contributed by atoms with E-state index in [0.29, 0.717) is 0 Å². The van der Waals surface area contributed by atoms with Crippen molar-refractivity contribution in [3.8, 4) is 22.3 Å². The molecule has 0 N–H and O–H groups in total. The van der Waals surface area contributed by atoms with E-state index < -0.39 is 0 Å². The molecule has 0 aliphatic rings. The second-order valence-electron chi connectivity index (χ2n) is 12.5. The highest BCUT2D eigenvalue weighted by Crippen LogP contribution is 2.47. The highest BCUT2D eigenvalue weighted by molar-refractivity contribution is 7.25. The second-order valence-corrected chi connectivity index (χ2v) is 13.6. The minimum atomic E-state index is 0.879. The number of anilines is 3. The summed E-state index contributed by atoms with van der Waals surface area (Å²) in [7, 11) is 0. The first-order valence-electron chi connectivity index (χ1n) is 16.6. The van der Waals surface area contributed by atoms with Crippen LogP contribution in [0.25, 0.3) is 75.1 Å². The molecule has 2 heterocycles. The molecule has 0 radical (unpaired) electrons. The normalized spacial score (nSPS) is 11.7. The van der Waals surface area contributed by atoms with Crippen molar-refractivity contribution in [3.05, 3.63) is 176 Å². The van der Waals surface area contributed by atoms with Crippen LogP contribution in [0.15, 0.2) is 180 Å². The van der Waals surface area contributed by atoms with Crippen LogP contribution in [0, 0.1) is 0 Å². The number of thiophene rings is 1. The molecule has 0 saturated carbocycles. The van der Waals surface area contributed by atoms with E-state index in [1.165, 1.54) is 53.2 Å². The van der Waals surface area contributed by atoms with E-state index in [1.807, 2.05) is 17.4 Å². The highest BCUT2D eigenvalue weighted by atomic mass is 32.1. The Morgan fingerprint density at radius 1 is 0.408 bits per heavy atom. The third-order valence-corrected chi connectivity index (χ3v) is 10.8. The summed E-state index contributed by atoms with van der Waals surface area (Å²) in [6.07, 6.45) is 0. The number of para-hydroxylation sites is 1. The van der Waals surface area contributed by atoms with Crippen LogP contribution in [0.5, 0.6) is 0 Å². The van der Waals surface area contributed by atoms with E-state index in [4.69, 9.17) is 4.42 Å². The van der Waals surface area contributed by atoms with Crippen molar-refractivity contribution in [1.82, 2.24) is 0 Å². The number of rotatable bonds is 5. The van der Waals surface area contributed by atoms with Gasteiger partial charge < -0.3 is 9.32 Å². The monoisotopic (exact) mass is 643 g/mol. The minimum absolute atomic E-state index is 0.879. The standard InChI is InChI=1S/C46H29NOS/c1-2-12-30(13-3-1)34-15-4-5-16-35(34)31-24-26-33(27-25-31)47(41-20-11-22-43-46(41)37-18-6-8-21-42(37)48-43)40-19-10-14-32-28-39-36-17-7-9-23-44(36)49-45(39)29-38(32)40/h1-29H. The Labute approximate surface area is 287 Å². The zero-order chi connectivity index (χ0) is 32.3. The average Bonchev–Trinajstić information content (AvgIpc) is 3.73. The SMILES string of the molecule is c1ccc(-c2ccccc2-c2ccc(N(c3cccc4cc5c(cc34)sc3ccccc35)c3cccc4oc5ccccc5c34)cc2)cc1. The summed E-state index contributed by atoms with van der Waals surface area (Å²) in [6, 6.07) is 63.2. The molecule has 230 valence electrons. The molecule has 10 aromatic rings. The van der Waals surface area contributed by atoms with Crippen molar-refractivity contribution in [2.75, 3.05) is 4.90 Å². The molecule has 0 aliphatic carbocycles. The van der Waals surface area contributed by atoms with Crippen molar-refractivity contribution in [3.63, 3.8) is 0 Å². The smallest absolute Gasteiger partial charge is 0.137 e. The van der Waals surface area contributed by atoms with Gasteiger partial charge in [0.2, 0.25) is 0 Å². The molecule has 0 fully saturated rings. The first-order chi connectivity index (χ1) is 24.3. The lowest BCUT2D eigenvalue weighted by atomic mass is 9.94. The molecule has 8 aromatic carbocycles. The molecule has 0 spiro atoms. The van der Waals surface area contributed by atoms with Crippen LogP contribution in [0.3, 0.4) is 0 Å². The van der Waals surface area contributed by atoms with E-state index in [1.54, 1.807) is 0 Å². The summed E-state index contributed by atoms with van der Waals surface area (Å²) in [5, 5.41) is 7.27. The minimum Gasteiger partial charge on any atom is -0.456 e. The third-order valence-electron chi connectivity index (χ3n) is 9.67. The summed E-state index contributed by atoms with van der Waals surface area (Å²) in [4.78, 5) is 2.42. The molecule has 0 bridgehead atoms. The fourth-order valence-electron chi connectivity index (χ4n) is 7.42. The van der Waals surface area contributed by atoms with Gasteiger partial charge in [-0.15, -0.1) is 11.3 Å². The molecule has 3 heteroatoms. The predicted octanol–water partition coefficient (Wildman–Crippen LogP) is 13.9. The maximum Gasteiger partial charge on any atom is 0.137 e. The number of hydrogen-bond acceptors (Lipinski definition) is 3. The molecule has 0 aliphatic heterocycles. The quantitative estimate of drug-likeness (QED) is 0.186. The maximum absolute atomic E-state index is 6.40. The van der Waals surface area contributed by atoms with Crippen LogP contribution >= 0.6 is 11.3 Å². The third kappa shape index (κ3) is 4.55. The number of nitrogens with zero attached hydrogens (tertiary/aromatic N) is 1. The van der Waals surface area contributed by atoms with Gasteiger partial charge in [0.1, 0.15) is 11.2 Å². The van der Waals surface area contributed by atoms with Crippen LogP contribution in [0.1, 0.15) is 0 Å². The van der Waals surface area contributed by atoms with Crippen molar-refractivity contribution in [2.45, 2.75) is 0 Å². The Kier molecular flexibility index (Phi) is 6.39. The number of hydrogen-bond donors (Lipinski definition) is 0. The predicted molar refractivity (Wildman–Crippen MR) is 210 cm³/mol. The Balaban J connectivity index is 1.21. The Morgan fingerprint density at radius 2 is 1.06 bits per heavy atom. The van der Waals surface area contributed by atoms with E-state index in [0.717, 1.165) is 39.0 Å². The molecular weight excluding hydrogens is 615 g/mol. The van der Waals surface area contributed by atoms with Gasteiger partial charge in [-0.05, 0) is 82.2 Å². The van der Waals surface area contributed by atoms with Crippen LogP contribution in [0.2, 0.25) is 0 Å². The van der Waals surface area contributed by atoms with Crippen LogP contribution in [-0.2, 0) is 0 Å². The summed E-state index contributed by atoms with van der Waals surface area (Å²) < 4.78 is 9.01. The van der Waals surface area contributed by atoms with Crippen LogP contribution in [-0.4, -0.2) is 0 Å². The van der Waals surface area contributed by atoms with Gasteiger partial charge in [-0.3, -0.25) is 0 Å². The maximum atomic E-state index is 6.40. The molecule has 49 heavy (non-hydrogen) atoms. The van der Waals surface area contributed by atoms with Crippen LogP contribution in [0.4, 0.5) is 17.1 Å². The second kappa shape index (κ2) is 11.2. The first kappa shape index (κ1) is 27.9. The van der Waals surface area contributed by atoms with E-state index in [2.05, 4.69) is 175 Å². The van der Waals surface area contributed by atoms with Crippen molar-refractivity contribution < 1.29 is 4.42 Å². The largest absolute Gasteiger partial charge is 0.456 e. The molecular formula is C46H29NOS. The van der Waals surface area contributed by atoms with Gasteiger partial charge in [0.15, 0.2) is 0 Å². The fraction of sp³-hybridized carbons (Fsp3) is 0. The molecule has 0 saturated heterocycles. The molecule has 0 unspecified atom stereocenters. The lowest BCUT2D eigenvalue weighted by Crippen LogP contribution is -2.11. The van der Waals surface area contributed by atoms with E-state index in [-0.39, 0.29) is 0 Å². The topological polar surface area (TPSA) is 16.4 Å². The summed E-state index contributed by atoms with van der Waals surface area (Å²) in [5.74, 6) is 0. The van der Waals surface area contributed by atoms with E-state index in [9.17, 15) is 0 Å². The molecule has 2 nitrogen and oxygen atoms in total. The van der Waals surface area contributed by atoms with Gasteiger partial charge in [0.25, 0.3) is 0 Å².